The van der Waals surface area contributed by atoms with E-state index >= 15 is 0 Å². The van der Waals surface area contributed by atoms with Gasteiger partial charge >= 0.3 is 0 Å². The maximum absolute atomic E-state index is 13.2. The molecule has 0 saturated carbocycles. The summed E-state index contributed by atoms with van der Waals surface area (Å²) in [4.78, 5) is 4.62. The molecule has 4 nitrogen and oxygen atoms in total. The molecule has 2 heterocycles. The molecular weight excluding hydrogens is 427 g/mol. The van der Waals surface area contributed by atoms with Crippen molar-refractivity contribution in [3.63, 3.8) is 0 Å². The number of nitrogens with one attached hydrogen (secondary N) is 1. The van der Waals surface area contributed by atoms with E-state index in [1.807, 2.05) is 5.38 Å². The summed E-state index contributed by atoms with van der Waals surface area (Å²) in [6.45, 7) is 6.28. The molecule has 3 rings (SSSR count). The zero-order valence-corrected chi connectivity index (χ0v) is 18.1. The predicted molar refractivity (Wildman–Crippen MR) is 110 cm³/mol. The van der Waals surface area contributed by atoms with E-state index in [9.17, 15) is 12.8 Å². The minimum atomic E-state index is -3.68. The largest absolute Gasteiger partial charge is 0.250 e. The molecular formula is C18H18ClFN2O2S3. The van der Waals surface area contributed by atoms with Gasteiger partial charge < -0.3 is 0 Å². The monoisotopic (exact) mass is 444 g/mol. The molecule has 0 unspecified atom stereocenters. The topological polar surface area (TPSA) is 59.1 Å². The fourth-order valence-corrected chi connectivity index (χ4v) is 5.76. The summed E-state index contributed by atoms with van der Waals surface area (Å²) >= 11 is 8.37. The zero-order chi connectivity index (χ0) is 19.8. The Morgan fingerprint density at radius 3 is 2.56 bits per heavy atom. The van der Waals surface area contributed by atoms with Crippen LogP contribution < -0.4 is 4.72 Å². The van der Waals surface area contributed by atoms with E-state index < -0.39 is 15.8 Å². The molecule has 0 fully saturated rings. The van der Waals surface area contributed by atoms with Gasteiger partial charge in [-0.2, -0.15) is 0 Å². The van der Waals surface area contributed by atoms with Crippen LogP contribution in [0.4, 0.5) is 4.39 Å². The van der Waals surface area contributed by atoms with Crippen LogP contribution in [0.1, 0.15) is 32.0 Å². The van der Waals surface area contributed by atoms with Crippen LogP contribution in [0.25, 0.3) is 10.6 Å². The van der Waals surface area contributed by atoms with Crippen LogP contribution in [0.5, 0.6) is 0 Å². The van der Waals surface area contributed by atoms with Gasteiger partial charge in [-0.05, 0) is 23.8 Å². The van der Waals surface area contributed by atoms with Gasteiger partial charge in [-0.1, -0.05) is 38.4 Å². The minimum Gasteiger partial charge on any atom is -0.241 e. The maximum atomic E-state index is 13.2. The quantitative estimate of drug-likeness (QED) is 0.570. The van der Waals surface area contributed by atoms with Crippen molar-refractivity contribution in [3.8, 4) is 10.6 Å². The first-order valence-electron chi connectivity index (χ1n) is 8.05. The second-order valence-electron chi connectivity index (χ2n) is 7.02. The third-order valence-corrected chi connectivity index (χ3v) is 7.83. The number of benzene rings is 1. The molecule has 0 saturated heterocycles. The highest BCUT2D eigenvalue weighted by atomic mass is 35.5. The lowest BCUT2D eigenvalue weighted by Gasteiger charge is -2.14. The van der Waals surface area contributed by atoms with Crippen molar-refractivity contribution in [2.24, 2.45) is 0 Å². The number of thiazole rings is 1. The van der Waals surface area contributed by atoms with Gasteiger partial charge in [-0.3, -0.25) is 0 Å². The summed E-state index contributed by atoms with van der Waals surface area (Å²) in [6, 6.07) is 5.73. The number of hydrogen-bond donors (Lipinski definition) is 1. The molecule has 0 amide bonds. The summed E-state index contributed by atoms with van der Waals surface area (Å²) in [5.74, 6) is -0.538. The van der Waals surface area contributed by atoms with Crippen LogP contribution in [-0.2, 0) is 22.0 Å². The van der Waals surface area contributed by atoms with Gasteiger partial charge in [0, 0.05) is 28.3 Å². The molecule has 0 aliphatic heterocycles. The van der Waals surface area contributed by atoms with Gasteiger partial charge in [0.25, 0.3) is 0 Å². The van der Waals surface area contributed by atoms with Gasteiger partial charge in [0.15, 0.2) is 0 Å². The summed E-state index contributed by atoms with van der Waals surface area (Å²) in [6.07, 6.45) is 0. The molecule has 2 aromatic heterocycles. The van der Waals surface area contributed by atoms with E-state index in [-0.39, 0.29) is 21.2 Å². The molecule has 0 aliphatic carbocycles. The van der Waals surface area contributed by atoms with E-state index in [0.717, 1.165) is 27.6 Å². The van der Waals surface area contributed by atoms with Crippen molar-refractivity contribution < 1.29 is 12.8 Å². The van der Waals surface area contributed by atoms with Crippen LogP contribution in [0.2, 0.25) is 5.02 Å². The Hall–Kier alpha value is -1.32. The van der Waals surface area contributed by atoms with Crippen molar-refractivity contribution in [3.05, 3.63) is 57.1 Å². The molecule has 0 aliphatic rings. The van der Waals surface area contributed by atoms with E-state index in [0.29, 0.717) is 5.56 Å². The van der Waals surface area contributed by atoms with Crippen molar-refractivity contribution in [1.82, 2.24) is 9.71 Å². The fraction of sp³-hybridized carbons (Fsp3) is 0.278. The standard InChI is InChI=1S/C18H18ClFN2O2S3/c1-18(2,3)15-10-26-17(22-15)12-7-16(25-9-12)27(23,24)21-8-11-4-5-14(20)13(19)6-11/h4-7,9-10,21H,8H2,1-3H3. The van der Waals surface area contributed by atoms with Gasteiger partial charge in [-0.15, -0.1) is 22.7 Å². The molecule has 27 heavy (non-hydrogen) atoms. The first-order valence-corrected chi connectivity index (χ1v) is 11.7. The summed E-state index contributed by atoms with van der Waals surface area (Å²) in [7, 11) is -3.68. The van der Waals surface area contributed by atoms with E-state index in [2.05, 4.69) is 30.5 Å². The number of halogens is 2. The Balaban J connectivity index is 1.76. The van der Waals surface area contributed by atoms with Crippen molar-refractivity contribution in [1.29, 1.82) is 0 Å². The van der Waals surface area contributed by atoms with Gasteiger partial charge in [0.2, 0.25) is 10.0 Å². The Morgan fingerprint density at radius 2 is 1.93 bits per heavy atom. The average molecular weight is 445 g/mol. The van der Waals surface area contributed by atoms with E-state index in [1.165, 1.54) is 29.5 Å². The number of rotatable bonds is 5. The van der Waals surface area contributed by atoms with Gasteiger partial charge in [-0.25, -0.2) is 22.5 Å². The molecule has 0 atom stereocenters. The Kier molecular flexibility index (Phi) is 5.74. The van der Waals surface area contributed by atoms with Crippen molar-refractivity contribution in [2.45, 2.75) is 36.9 Å². The lowest BCUT2D eigenvalue weighted by molar-refractivity contribution is 0.573. The average Bonchev–Trinajstić information content (AvgIpc) is 3.24. The summed E-state index contributed by atoms with van der Waals surface area (Å²) in [5, 5.41) is 4.54. The highest BCUT2D eigenvalue weighted by Gasteiger charge is 2.21. The molecule has 1 N–H and O–H groups in total. The maximum Gasteiger partial charge on any atom is 0.250 e. The number of sulfonamides is 1. The number of nitrogens with zero attached hydrogens (tertiary/aromatic N) is 1. The highest BCUT2D eigenvalue weighted by molar-refractivity contribution is 7.91. The fourth-order valence-electron chi connectivity index (χ4n) is 2.22. The third kappa shape index (κ3) is 4.75. The lowest BCUT2D eigenvalue weighted by Crippen LogP contribution is -2.22. The van der Waals surface area contributed by atoms with Crippen LogP contribution >= 0.6 is 34.3 Å². The molecule has 9 heteroatoms. The van der Waals surface area contributed by atoms with Crippen molar-refractivity contribution in [2.75, 3.05) is 0 Å². The van der Waals surface area contributed by atoms with Crippen molar-refractivity contribution >= 4 is 44.3 Å². The number of aromatic nitrogens is 1. The Labute approximate surface area is 171 Å². The van der Waals surface area contributed by atoms with E-state index in [1.54, 1.807) is 11.4 Å². The molecule has 1 aromatic carbocycles. The highest BCUT2D eigenvalue weighted by Crippen LogP contribution is 2.33. The lowest BCUT2D eigenvalue weighted by atomic mass is 9.93. The van der Waals surface area contributed by atoms with E-state index in [4.69, 9.17) is 11.6 Å². The smallest absolute Gasteiger partial charge is 0.241 e. The summed E-state index contributed by atoms with van der Waals surface area (Å²) in [5.41, 5.74) is 2.28. The first-order chi connectivity index (χ1) is 12.6. The normalized spacial score (nSPS) is 12.5. The Bertz CT molecular complexity index is 1070. The van der Waals surface area contributed by atoms with Crippen LogP contribution in [0.15, 0.2) is 39.2 Å². The third-order valence-electron chi connectivity index (χ3n) is 3.81. The molecule has 3 aromatic rings. The second kappa shape index (κ2) is 7.60. The minimum absolute atomic E-state index is 0.0288. The molecule has 144 valence electrons. The van der Waals surface area contributed by atoms with Crippen LogP contribution in [0.3, 0.4) is 0 Å². The van der Waals surface area contributed by atoms with Gasteiger partial charge in [0.1, 0.15) is 15.0 Å². The first kappa shape index (κ1) is 20.4. The van der Waals surface area contributed by atoms with Gasteiger partial charge in [0.05, 0.1) is 10.7 Å². The number of hydrogen-bond acceptors (Lipinski definition) is 5. The second-order valence-corrected chi connectivity index (χ2v) is 11.2. The molecule has 0 spiro atoms. The summed E-state index contributed by atoms with van der Waals surface area (Å²) < 4.78 is 41.0. The predicted octanol–water partition coefficient (Wildman–Crippen LogP) is 5.44. The molecule has 0 radical (unpaired) electrons. The Morgan fingerprint density at radius 1 is 1.19 bits per heavy atom. The van der Waals surface area contributed by atoms with Crippen LogP contribution in [0, 0.1) is 5.82 Å². The number of thiophene rings is 1. The van der Waals surface area contributed by atoms with Crippen LogP contribution in [-0.4, -0.2) is 13.4 Å². The SMILES string of the molecule is CC(C)(C)c1csc(-c2csc(S(=O)(=O)NCc3ccc(F)c(Cl)c3)c2)n1. The molecule has 0 bridgehead atoms. The zero-order valence-electron chi connectivity index (χ0n) is 14.9.